The number of para-hydroxylation sites is 1. The van der Waals surface area contributed by atoms with Gasteiger partial charge in [0.05, 0.1) is 0 Å². The average Bonchev–Trinajstić information content (AvgIpc) is 3.43. The Bertz CT molecular complexity index is 2360. The van der Waals surface area contributed by atoms with E-state index in [9.17, 15) is 0 Å². The van der Waals surface area contributed by atoms with Gasteiger partial charge in [0, 0.05) is 39.6 Å². The van der Waals surface area contributed by atoms with Gasteiger partial charge in [0.2, 0.25) is 0 Å². The first-order valence-electron chi connectivity index (χ1n) is 19.5. The van der Waals surface area contributed by atoms with Crippen molar-refractivity contribution in [3.8, 4) is 0 Å². The molecule has 0 atom stereocenters. The molecule has 6 rings (SSSR count). The van der Waals surface area contributed by atoms with Crippen LogP contribution in [-0.4, -0.2) is 0 Å². The van der Waals surface area contributed by atoms with Crippen LogP contribution in [-0.2, 0) is 5.41 Å². The minimum absolute atomic E-state index is 0.0642. The largest absolute Gasteiger partial charge is 0.315 e. The SMILES string of the molecule is C=C/C=C\C1=C(C)C(C)(C)c2ccc(N(c3ccc(C(=C)/C=C\C=C/C)cc3)c3ccc(C4=C/CC(/C=C\C)=C(/C)N(c5ccccc5)C(=C)/C=C\4)cc3)cc21. The number of nitrogens with zero attached hydrogens (tertiary/aromatic N) is 2. The van der Waals surface area contributed by atoms with E-state index in [0.717, 1.165) is 57.1 Å². The van der Waals surface area contributed by atoms with Gasteiger partial charge in [-0.25, -0.2) is 0 Å². The van der Waals surface area contributed by atoms with E-state index in [0.29, 0.717) is 0 Å². The Balaban J connectivity index is 1.42. The van der Waals surface area contributed by atoms with Gasteiger partial charge in [-0.15, -0.1) is 0 Å². The van der Waals surface area contributed by atoms with Gasteiger partial charge in [-0.2, -0.15) is 0 Å². The van der Waals surface area contributed by atoms with Crippen molar-refractivity contribution in [1.29, 1.82) is 0 Å². The van der Waals surface area contributed by atoms with Gasteiger partial charge in [0.25, 0.3) is 0 Å². The lowest BCUT2D eigenvalue weighted by molar-refractivity contribution is 0.639. The first kappa shape index (κ1) is 39.3. The highest BCUT2D eigenvalue weighted by molar-refractivity contribution is 5.89. The molecule has 0 unspecified atom stereocenters. The summed E-state index contributed by atoms with van der Waals surface area (Å²) in [6.45, 7) is 25.9. The fourth-order valence-corrected chi connectivity index (χ4v) is 7.61. The summed E-state index contributed by atoms with van der Waals surface area (Å²) in [4.78, 5) is 4.60. The third kappa shape index (κ3) is 8.16. The van der Waals surface area contributed by atoms with Crippen LogP contribution in [0.3, 0.4) is 0 Å². The molecule has 0 N–H and O–H groups in total. The van der Waals surface area contributed by atoms with Crippen LogP contribution in [0.1, 0.15) is 70.2 Å². The Labute approximate surface area is 335 Å². The molecular weight excluding hydrogens is 677 g/mol. The lowest BCUT2D eigenvalue weighted by Gasteiger charge is -2.28. The number of hydrogen-bond donors (Lipinski definition) is 0. The molecule has 0 aromatic heterocycles. The Morgan fingerprint density at radius 3 is 2.11 bits per heavy atom. The molecule has 4 aromatic rings. The monoisotopic (exact) mass is 730 g/mol. The van der Waals surface area contributed by atoms with Crippen molar-refractivity contribution in [2.24, 2.45) is 0 Å². The van der Waals surface area contributed by atoms with Crippen LogP contribution in [0.5, 0.6) is 0 Å². The zero-order chi connectivity index (χ0) is 39.8. The molecule has 1 aliphatic heterocycles. The maximum atomic E-state index is 4.51. The molecule has 0 amide bonds. The smallest absolute Gasteiger partial charge is 0.0468 e. The van der Waals surface area contributed by atoms with Crippen molar-refractivity contribution in [2.45, 2.75) is 53.4 Å². The molecular formula is C54H54N2. The predicted molar refractivity (Wildman–Crippen MR) is 246 cm³/mol. The number of benzene rings is 4. The van der Waals surface area contributed by atoms with E-state index in [1.54, 1.807) is 0 Å². The first-order chi connectivity index (χ1) is 27.1. The van der Waals surface area contributed by atoms with Crippen molar-refractivity contribution in [3.05, 3.63) is 235 Å². The summed E-state index contributed by atoms with van der Waals surface area (Å²) in [6.07, 6.45) is 26.0. The molecule has 0 radical (unpaired) electrons. The van der Waals surface area contributed by atoms with Gasteiger partial charge in [-0.3, -0.25) is 0 Å². The van der Waals surface area contributed by atoms with E-state index in [2.05, 4.69) is 192 Å². The van der Waals surface area contributed by atoms with Crippen LogP contribution in [0.15, 0.2) is 212 Å². The Morgan fingerprint density at radius 1 is 0.768 bits per heavy atom. The highest BCUT2D eigenvalue weighted by Crippen LogP contribution is 2.49. The quantitative estimate of drug-likeness (QED) is 0.142. The third-order valence-corrected chi connectivity index (χ3v) is 11.0. The third-order valence-electron chi connectivity index (χ3n) is 11.0. The lowest BCUT2D eigenvalue weighted by Crippen LogP contribution is -2.19. The zero-order valence-electron chi connectivity index (χ0n) is 33.9. The second kappa shape index (κ2) is 17.4. The molecule has 0 spiro atoms. The second-order valence-corrected chi connectivity index (χ2v) is 14.8. The summed E-state index contributed by atoms with van der Waals surface area (Å²) in [7, 11) is 0. The van der Waals surface area contributed by atoms with E-state index in [1.165, 1.54) is 33.5 Å². The predicted octanol–water partition coefficient (Wildman–Crippen LogP) is 15.3. The topological polar surface area (TPSA) is 6.48 Å². The summed E-state index contributed by atoms with van der Waals surface area (Å²) in [6, 6.07) is 35.0. The van der Waals surface area contributed by atoms with E-state index in [1.807, 2.05) is 49.4 Å². The van der Waals surface area contributed by atoms with Crippen molar-refractivity contribution in [1.82, 2.24) is 0 Å². The molecule has 2 nitrogen and oxygen atoms in total. The van der Waals surface area contributed by atoms with Gasteiger partial charge < -0.3 is 9.80 Å². The standard InChI is InChI=1S/C54H54N2/c1-10-13-16-20-39(4)43-28-32-48(33-29-43)56(50-36-37-53-52(38-50)51(23-14-11-2)41(6)54(53,8)9)49-34-30-46(31-35-49)45-25-24-40(5)55(47-21-17-15-18-22-47)42(7)44(19-12-3)26-27-45/h10-25,27-38H,2,4-5,26H2,1,3,6-9H3/b13-10-,19-12-,20-16-,23-14-,25-24-,44-42-,45-27+. The number of rotatable bonds is 11. The molecule has 1 aliphatic carbocycles. The average molecular weight is 731 g/mol. The second-order valence-electron chi connectivity index (χ2n) is 14.8. The molecule has 2 aliphatic rings. The minimum atomic E-state index is -0.0642. The van der Waals surface area contributed by atoms with Gasteiger partial charge in [-0.1, -0.05) is 155 Å². The molecule has 0 fully saturated rings. The van der Waals surface area contributed by atoms with Crippen LogP contribution in [0.4, 0.5) is 22.7 Å². The fraction of sp³-hybridized carbons (Fsp3) is 0.148. The summed E-state index contributed by atoms with van der Waals surface area (Å²) in [5.41, 5.74) is 17.2. The van der Waals surface area contributed by atoms with Crippen LogP contribution < -0.4 is 9.80 Å². The van der Waals surface area contributed by atoms with E-state index in [4.69, 9.17) is 0 Å². The van der Waals surface area contributed by atoms with Crippen molar-refractivity contribution < 1.29 is 0 Å². The minimum Gasteiger partial charge on any atom is -0.315 e. The highest BCUT2D eigenvalue weighted by atomic mass is 15.2. The van der Waals surface area contributed by atoms with E-state index < -0.39 is 0 Å². The molecule has 0 bridgehead atoms. The fourth-order valence-electron chi connectivity index (χ4n) is 7.61. The van der Waals surface area contributed by atoms with Crippen LogP contribution >= 0.6 is 0 Å². The summed E-state index contributed by atoms with van der Waals surface area (Å²) < 4.78 is 0. The Hall–Kier alpha value is -6.38. The van der Waals surface area contributed by atoms with Crippen LogP contribution in [0, 0.1) is 0 Å². The number of fused-ring (bicyclic) bond motifs is 1. The lowest BCUT2D eigenvalue weighted by atomic mass is 9.82. The van der Waals surface area contributed by atoms with Crippen LogP contribution in [0.2, 0.25) is 0 Å². The highest BCUT2D eigenvalue weighted by Gasteiger charge is 2.35. The molecule has 0 saturated carbocycles. The van der Waals surface area contributed by atoms with Gasteiger partial charge in [0.1, 0.15) is 0 Å². The van der Waals surface area contributed by atoms with E-state index >= 15 is 0 Å². The number of hydrogen-bond acceptors (Lipinski definition) is 2. The number of allylic oxidation sites excluding steroid dienone is 18. The van der Waals surface area contributed by atoms with Crippen molar-refractivity contribution >= 4 is 39.5 Å². The van der Waals surface area contributed by atoms with E-state index in [-0.39, 0.29) is 5.41 Å². The number of anilines is 4. The molecule has 280 valence electrons. The molecule has 1 heterocycles. The normalized spacial score (nSPS) is 18.6. The first-order valence-corrected chi connectivity index (χ1v) is 19.5. The Morgan fingerprint density at radius 2 is 1.45 bits per heavy atom. The van der Waals surface area contributed by atoms with Crippen molar-refractivity contribution in [3.63, 3.8) is 0 Å². The molecule has 56 heavy (non-hydrogen) atoms. The van der Waals surface area contributed by atoms with Gasteiger partial charge in [0.15, 0.2) is 0 Å². The van der Waals surface area contributed by atoms with Gasteiger partial charge in [-0.05, 0) is 133 Å². The van der Waals surface area contributed by atoms with Crippen LogP contribution in [0.25, 0.3) is 16.7 Å². The maximum absolute atomic E-state index is 4.51. The zero-order valence-corrected chi connectivity index (χ0v) is 33.9. The summed E-state index contributed by atoms with van der Waals surface area (Å²) >= 11 is 0. The summed E-state index contributed by atoms with van der Waals surface area (Å²) in [5.74, 6) is 0. The molecule has 4 aromatic carbocycles. The molecule has 0 saturated heterocycles. The van der Waals surface area contributed by atoms with Gasteiger partial charge >= 0.3 is 0 Å². The van der Waals surface area contributed by atoms with Crippen molar-refractivity contribution in [2.75, 3.05) is 9.80 Å². The molecule has 2 heteroatoms. The maximum Gasteiger partial charge on any atom is 0.0468 e. The Kier molecular flexibility index (Phi) is 12.2. The summed E-state index contributed by atoms with van der Waals surface area (Å²) in [5, 5.41) is 0.